The van der Waals surface area contributed by atoms with Crippen LogP contribution in [0.4, 0.5) is 0 Å². The molecule has 1 aliphatic rings. The Hall–Kier alpha value is -1.14. The minimum absolute atomic E-state index is 0. The first-order valence-corrected chi connectivity index (χ1v) is 8.55. The number of aryl methyl sites for hydroxylation is 1. The summed E-state index contributed by atoms with van der Waals surface area (Å²) in [6, 6.07) is 7.91. The lowest BCUT2D eigenvalue weighted by Gasteiger charge is -2.30. The van der Waals surface area contributed by atoms with Gasteiger partial charge in [0.2, 0.25) is 0 Å². The average molecular weight is 388 g/mol. The molecule has 4 nitrogen and oxygen atoms in total. The van der Waals surface area contributed by atoms with Gasteiger partial charge in [0.05, 0.1) is 0 Å². The van der Waals surface area contributed by atoms with Crippen molar-refractivity contribution in [3.63, 3.8) is 0 Å². The zero-order valence-corrected chi connectivity index (χ0v) is 16.2. The highest BCUT2D eigenvalue weighted by Crippen LogP contribution is 2.24. The van der Waals surface area contributed by atoms with Crippen LogP contribution in [-0.2, 0) is 0 Å². The molecule has 1 fully saturated rings. The zero-order chi connectivity index (χ0) is 15.5. The maximum atomic E-state index is 12.5. The summed E-state index contributed by atoms with van der Waals surface area (Å²) in [5, 5.41) is 9.47. The molecule has 0 aliphatic carbocycles. The van der Waals surface area contributed by atoms with Gasteiger partial charge in [-0.15, -0.1) is 36.2 Å². The molecule has 2 unspecified atom stereocenters. The van der Waals surface area contributed by atoms with Gasteiger partial charge in [-0.05, 0) is 37.9 Å². The second-order valence-corrected chi connectivity index (χ2v) is 6.78. The second kappa shape index (κ2) is 9.37. The number of benzene rings is 1. The van der Waals surface area contributed by atoms with Crippen LogP contribution in [0, 0.1) is 12.8 Å². The van der Waals surface area contributed by atoms with Crippen LogP contribution in [0.2, 0.25) is 0 Å². The lowest BCUT2D eigenvalue weighted by Crippen LogP contribution is -2.50. The number of rotatable bonds is 3. The molecule has 2 N–H and O–H groups in total. The minimum Gasteiger partial charge on any atom is -0.348 e. The van der Waals surface area contributed by atoms with Crippen molar-refractivity contribution in [2.75, 3.05) is 13.1 Å². The van der Waals surface area contributed by atoms with Gasteiger partial charge in [0, 0.05) is 34.8 Å². The molecule has 0 saturated carbocycles. The molecule has 0 bridgehead atoms. The molecular weight excluding hydrogens is 365 g/mol. The molecular formula is C17H23Cl2N3OS. The van der Waals surface area contributed by atoms with Crippen molar-refractivity contribution in [1.29, 1.82) is 0 Å². The van der Waals surface area contributed by atoms with Crippen molar-refractivity contribution in [2.24, 2.45) is 5.92 Å². The summed E-state index contributed by atoms with van der Waals surface area (Å²) in [6.45, 7) is 6.05. The summed E-state index contributed by atoms with van der Waals surface area (Å²) in [5.41, 5.74) is 2.71. The summed E-state index contributed by atoms with van der Waals surface area (Å²) in [6.07, 6.45) is 1.10. The van der Waals surface area contributed by atoms with Crippen molar-refractivity contribution in [2.45, 2.75) is 26.3 Å². The van der Waals surface area contributed by atoms with E-state index in [9.17, 15) is 4.79 Å². The van der Waals surface area contributed by atoms with Gasteiger partial charge in [0.15, 0.2) is 0 Å². The van der Waals surface area contributed by atoms with Crippen molar-refractivity contribution in [3.8, 4) is 10.6 Å². The Morgan fingerprint density at radius 3 is 2.83 bits per heavy atom. The van der Waals surface area contributed by atoms with E-state index in [1.165, 1.54) is 0 Å². The van der Waals surface area contributed by atoms with Gasteiger partial charge in [0.25, 0.3) is 5.91 Å². The van der Waals surface area contributed by atoms with E-state index in [0.29, 0.717) is 11.5 Å². The predicted octanol–water partition coefficient (Wildman–Crippen LogP) is 3.69. The number of carbonyl (C=O) groups is 1. The van der Waals surface area contributed by atoms with Gasteiger partial charge in [-0.1, -0.05) is 19.1 Å². The van der Waals surface area contributed by atoms with Crippen LogP contribution in [0.5, 0.6) is 0 Å². The number of thiazole rings is 1. The normalized spacial score (nSPS) is 19.8. The quantitative estimate of drug-likeness (QED) is 0.843. The topological polar surface area (TPSA) is 54.0 Å². The number of nitrogens with zero attached hydrogens (tertiary/aromatic N) is 1. The number of piperidine rings is 1. The third-order valence-corrected chi connectivity index (χ3v) is 5.14. The molecule has 24 heavy (non-hydrogen) atoms. The minimum atomic E-state index is -0.00400. The van der Waals surface area contributed by atoms with Gasteiger partial charge in [0.1, 0.15) is 5.01 Å². The van der Waals surface area contributed by atoms with E-state index in [4.69, 9.17) is 0 Å². The lowest BCUT2D eigenvalue weighted by atomic mass is 9.94. The Kier molecular flexibility index (Phi) is 8.16. The summed E-state index contributed by atoms with van der Waals surface area (Å²) in [5.74, 6) is 0.505. The molecule has 1 aromatic heterocycles. The highest BCUT2D eigenvalue weighted by molar-refractivity contribution is 7.13. The first-order chi connectivity index (χ1) is 10.6. The van der Waals surface area contributed by atoms with E-state index in [2.05, 4.69) is 22.5 Å². The summed E-state index contributed by atoms with van der Waals surface area (Å²) in [4.78, 5) is 17.0. The highest BCUT2D eigenvalue weighted by atomic mass is 35.5. The molecule has 7 heteroatoms. The lowest BCUT2D eigenvalue weighted by molar-refractivity contribution is 0.0915. The molecule has 2 aromatic rings. The monoisotopic (exact) mass is 387 g/mol. The molecule has 2 heterocycles. The van der Waals surface area contributed by atoms with Gasteiger partial charge >= 0.3 is 0 Å². The molecule has 1 amide bonds. The van der Waals surface area contributed by atoms with Crippen LogP contribution in [0.3, 0.4) is 0 Å². The maximum absolute atomic E-state index is 12.5. The van der Waals surface area contributed by atoms with Crippen LogP contribution in [0.25, 0.3) is 10.6 Å². The Morgan fingerprint density at radius 2 is 2.17 bits per heavy atom. The first kappa shape index (κ1) is 20.9. The molecule has 1 saturated heterocycles. The average Bonchev–Trinajstić information content (AvgIpc) is 2.96. The van der Waals surface area contributed by atoms with Crippen LogP contribution in [0.15, 0.2) is 29.6 Å². The Bertz CT molecular complexity index is 677. The van der Waals surface area contributed by atoms with Crippen LogP contribution in [0.1, 0.15) is 29.4 Å². The SMILES string of the molecule is Cc1csc(-c2cccc(C(=O)NC3CNCCC3C)c2)n1.Cl.Cl. The van der Waals surface area contributed by atoms with Crippen molar-refractivity contribution < 1.29 is 4.79 Å². The van der Waals surface area contributed by atoms with Crippen LogP contribution in [-0.4, -0.2) is 30.0 Å². The third-order valence-electron chi connectivity index (χ3n) is 4.13. The fourth-order valence-corrected chi connectivity index (χ4v) is 3.51. The van der Waals surface area contributed by atoms with Crippen molar-refractivity contribution >= 4 is 42.1 Å². The Balaban J connectivity index is 0.00000144. The largest absolute Gasteiger partial charge is 0.348 e. The number of amides is 1. The summed E-state index contributed by atoms with van der Waals surface area (Å²) in [7, 11) is 0. The van der Waals surface area contributed by atoms with E-state index in [0.717, 1.165) is 35.8 Å². The Morgan fingerprint density at radius 1 is 1.38 bits per heavy atom. The molecule has 0 radical (unpaired) electrons. The van der Waals surface area contributed by atoms with Crippen LogP contribution >= 0.6 is 36.2 Å². The third kappa shape index (κ3) is 4.93. The Labute approximate surface area is 159 Å². The first-order valence-electron chi connectivity index (χ1n) is 7.67. The zero-order valence-electron chi connectivity index (χ0n) is 13.7. The molecule has 132 valence electrons. The molecule has 1 aliphatic heterocycles. The molecule has 2 atom stereocenters. The molecule has 0 spiro atoms. The van der Waals surface area contributed by atoms with Gasteiger partial charge in [-0.2, -0.15) is 0 Å². The number of nitrogens with one attached hydrogen (secondary N) is 2. The van der Waals surface area contributed by atoms with Crippen molar-refractivity contribution in [3.05, 3.63) is 40.9 Å². The fraction of sp³-hybridized carbons (Fsp3) is 0.412. The van der Waals surface area contributed by atoms with E-state index >= 15 is 0 Å². The summed E-state index contributed by atoms with van der Waals surface area (Å²) < 4.78 is 0. The number of carbonyl (C=O) groups excluding carboxylic acids is 1. The maximum Gasteiger partial charge on any atom is 0.251 e. The smallest absolute Gasteiger partial charge is 0.251 e. The molecule has 1 aromatic carbocycles. The number of halogens is 2. The van der Waals surface area contributed by atoms with Gasteiger partial charge in [-0.25, -0.2) is 4.98 Å². The number of hydrogen-bond acceptors (Lipinski definition) is 4. The second-order valence-electron chi connectivity index (χ2n) is 5.92. The van der Waals surface area contributed by atoms with Gasteiger partial charge in [-0.3, -0.25) is 4.79 Å². The predicted molar refractivity (Wildman–Crippen MR) is 105 cm³/mol. The van der Waals surface area contributed by atoms with E-state index in [-0.39, 0.29) is 36.8 Å². The highest BCUT2D eigenvalue weighted by Gasteiger charge is 2.23. The van der Waals surface area contributed by atoms with Gasteiger partial charge < -0.3 is 10.6 Å². The van der Waals surface area contributed by atoms with E-state index < -0.39 is 0 Å². The van der Waals surface area contributed by atoms with Crippen molar-refractivity contribution in [1.82, 2.24) is 15.6 Å². The van der Waals surface area contributed by atoms with E-state index in [1.807, 2.05) is 36.6 Å². The number of aromatic nitrogens is 1. The molecule has 3 rings (SSSR count). The fourth-order valence-electron chi connectivity index (χ4n) is 2.71. The standard InChI is InChI=1S/C17H21N3OS.2ClH/c1-11-6-7-18-9-15(11)20-16(21)13-4-3-5-14(8-13)17-19-12(2)10-22-17;;/h3-5,8,10-11,15,18H,6-7,9H2,1-2H3,(H,20,21);2*1H. The van der Waals surface area contributed by atoms with Crippen LogP contribution < -0.4 is 10.6 Å². The van der Waals surface area contributed by atoms with E-state index in [1.54, 1.807) is 11.3 Å². The summed E-state index contributed by atoms with van der Waals surface area (Å²) >= 11 is 1.61. The number of hydrogen-bond donors (Lipinski definition) is 2.